The second-order valence-electron chi connectivity index (χ2n) is 10.1. The molecule has 1 aromatic carbocycles. The lowest BCUT2D eigenvalue weighted by atomic mass is 9.97. The third-order valence-corrected chi connectivity index (χ3v) is 7.29. The standard InChI is InChI=1S/C25H38O15/c26-8-13-15(28)17(30)20(33)23(38-13)40-21-24(37-11-25(21,34)10-27)36-9-14-16(29)18(31)19(32)22(39-14)35-7-6-12-4-2-1-3-5-12/h1-5,13-24,26-34H,6-11H2/t13-,14-,15-,16-,17+,18+,19-,20-,21+,22-,23+,24-,25-/m1/s1. The molecular formula is C25H38O15. The maximum atomic E-state index is 10.8. The first-order valence-corrected chi connectivity index (χ1v) is 13.0. The summed E-state index contributed by atoms with van der Waals surface area (Å²) in [7, 11) is 0. The smallest absolute Gasteiger partial charge is 0.187 e. The van der Waals surface area contributed by atoms with Gasteiger partial charge in [0.2, 0.25) is 0 Å². The fraction of sp³-hybridized carbons (Fsp3) is 0.760. The average Bonchev–Trinajstić information content (AvgIpc) is 3.28. The van der Waals surface area contributed by atoms with Gasteiger partial charge in [-0.2, -0.15) is 0 Å². The Balaban J connectivity index is 1.38. The zero-order valence-corrected chi connectivity index (χ0v) is 21.5. The third kappa shape index (κ3) is 6.81. The highest BCUT2D eigenvalue weighted by atomic mass is 16.8. The molecule has 4 rings (SSSR count). The second-order valence-corrected chi connectivity index (χ2v) is 10.1. The molecule has 3 aliphatic rings. The largest absolute Gasteiger partial charge is 0.394 e. The van der Waals surface area contributed by atoms with Crippen molar-refractivity contribution in [3.63, 3.8) is 0 Å². The highest BCUT2D eigenvalue weighted by Crippen LogP contribution is 2.33. The first-order chi connectivity index (χ1) is 19.1. The molecule has 0 unspecified atom stereocenters. The van der Waals surface area contributed by atoms with Crippen LogP contribution in [0.1, 0.15) is 5.56 Å². The number of hydrogen-bond donors (Lipinski definition) is 9. The predicted molar refractivity (Wildman–Crippen MR) is 129 cm³/mol. The van der Waals surface area contributed by atoms with Crippen LogP contribution in [0.4, 0.5) is 0 Å². The predicted octanol–water partition coefficient (Wildman–Crippen LogP) is -4.67. The molecule has 0 bridgehead atoms. The van der Waals surface area contributed by atoms with E-state index in [1.165, 1.54) is 0 Å². The summed E-state index contributed by atoms with van der Waals surface area (Å²) in [6.07, 6.45) is -17.9. The number of aliphatic hydroxyl groups is 9. The van der Waals surface area contributed by atoms with Crippen LogP contribution in [0.15, 0.2) is 30.3 Å². The van der Waals surface area contributed by atoms with Gasteiger partial charge in [0, 0.05) is 0 Å². The fourth-order valence-electron chi connectivity index (χ4n) is 4.75. The average molecular weight is 579 g/mol. The molecule has 228 valence electrons. The first-order valence-electron chi connectivity index (χ1n) is 13.0. The van der Waals surface area contributed by atoms with E-state index in [1.54, 1.807) is 0 Å². The monoisotopic (exact) mass is 578 g/mol. The topological polar surface area (TPSA) is 237 Å². The summed E-state index contributed by atoms with van der Waals surface area (Å²) >= 11 is 0. The van der Waals surface area contributed by atoms with E-state index < -0.39 is 106 Å². The zero-order chi connectivity index (χ0) is 29.0. The van der Waals surface area contributed by atoms with E-state index in [9.17, 15) is 46.0 Å². The lowest BCUT2D eigenvalue weighted by Gasteiger charge is -2.42. The van der Waals surface area contributed by atoms with Crippen LogP contribution in [0.3, 0.4) is 0 Å². The van der Waals surface area contributed by atoms with Crippen LogP contribution in [-0.4, -0.2) is 158 Å². The second kappa shape index (κ2) is 13.7. The third-order valence-electron chi connectivity index (χ3n) is 7.29. The minimum atomic E-state index is -2.05. The van der Waals surface area contributed by atoms with E-state index in [1.807, 2.05) is 30.3 Å². The Labute approximate surface area is 229 Å². The minimum Gasteiger partial charge on any atom is -0.394 e. The summed E-state index contributed by atoms with van der Waals surface area (Å²) in [6, 6.07) is 9.40. The van der Waals surface area contributed by atoms with Crippen LogP contribution in [-0.2, 0) is 34.8 Å². The molecule has 9 N–H and O–H groups in total. The molecule has 40 heavy (non-hydrogen) atoms. The molecular weight excluding hydrogens is 540 g/mol. The summed E-state index contributed by atoms with van der Waals surface area (Å²) in [4.78, 5) is 0. The summed E-state index contributed by atoms with van der Waals surface area (Å²) in [5, 5.41) is 91.5. The fourth-order valence-corrected chi connectivity index (χ4v) is 4.75. The van der Waals surface area contributed by atoms with Gasteiger partial charge in [-0.05, 0) is 12.0 Å². The van der Waals surface area contributed by atoms with Crippen LogP contribution in [0.5, 0.6) is 0 Å². The lowest BCUT2D eigenvalue weighted by molar-refractivity contribution is -0.338. The van der Waals surface area contributed by atoms with Crippen molar-refractivity contribution in [3.8, 4) is 0 Å². The molecule has 3 fully saturated rings. The van der Waals surface area contributed by atoms with Gasteiger partial charge in [-0.15, -0.1) is 0 Å². The van der Waals surface area contributed by atoms with Crippen LogP contribution >= 0.6 is 0 Å². The first kappa shape index (κ1) is 31.6. The maximum Gasteiger partial charge on any atom is 0.187 e. The molecule has 1 aromatic rings. The van der Waals surface area contributed by atoms with Gasteiger partial charge in [0.15, 0.2) is 18.9 Å². The molecule has 3 aliphatic heterocycles. The van der Waals surface area contributed by atoms with E-state index in [-0.39, 0.29) is 6.61 Å². The van der Waals surface area contributed by atoms with Gasteiger partial charge in [0.25, 0.3) is 0 Å². The molecule has 0 aromatic heterocycles. The van der Waals surface area contributed by atoms with Crippen molar-refractivity contribution in [2.75, 3.05) is 33.0 Å². The number of rotatable bonds is 11. The molecule has 3 saturated heterocycles. The van der Waals surface area contributed by atoms with Crippen molar-refractivity contribution in [2.45, 2.75) is 85.8 Å². The van der Waals surface area contributed by atoms with Gasteiger partial charge in [-0.25, -0.2) is 0 Å². The highest BCUT2D eigenvalue weighted by molar-refractivity contribution is 5.14. The summed E-state index contributed by atoms with van der Waals surface area (Å²) in [6.45, 7) is -2.36. The SMILES string of the molecule is OC[C@H]1O[C@@H](O[C@H]2[C@H](OC[C@H]3O[C@@H](OCCc4ccccc4)[C@H](O)[C@@H](O)[C@@H]3O)OC[C@]2(O)CO)[C@H](O)[C@@H](O)[C@@H]1O. The number of hydrogen-bond acceptors (Lipinski definition) is 15. The molecule has 0 aliphatic carbocycles. The van der Waals surface area contributed by atoms with Gasteiger partial charge in [0.1, 0.15) is 60.5 Å². The van der Waals surface area contributed by atoms with Crippen LogP contribution in [0.2, 0.25) is 0 Å². The van der Waals surface area contributed by atoms with Gasteiger partial charge in [-0.1, -0.05) is 30.3 Å². The molecule has 0 saturated carbocycles. The van der Waals surface area contributed by atoms with E-state index in [0.717, 1.165) is 5.56 Å². The molecule has 0 amide bonds. The van der Waals surface area contributed by atoms with Gasteiger partial charge in [-0.3, -0.25) is 0 Å². The maximum absolute atomic E-state index is 10.8. The Morgan fingerprint density at radius 1 is 0.750 bits per heavy atom. The van der Waals surface area contributed by atoms with Gasteiger partial charge < -0.3 is 74.4 Å². The number of aliphatic hydroxyl groups excluding tert-OH is 8. The summed E-state index contributed by atoms with van der Waals surface area (Å²) < 4.78 is 33.3. The quantitative estimate of drug-likeness (QED) is 0.120. The molecule has 13 atom stereocenters. The Kier molecular flexibility index (Phi) is 10.8. The normalized spacial score (nSPS) is 44.1. The van der Waals surface area contributed by atoms with Gasteiger partial charge >= 0.3 is 0 Å². The van der Waals surface area contributed by atoms with Crippen molar-refractivity contribution in [3.05, 3.63) is 35.9 Å². The molecule has 0 radical (unpaired) electrons. The minimum absolute atomic E-state index is 0.145. The van der Waals surface area contributed by atoms with Crippen molar-refractivity contribution < 1.29 is 74.4 Å². The zero-order valence-electron chi connectivity index (χ0n) is 21.5. The Bertz CT molecular complexity index is 907. The highest BCUT2D eigenvalue weighted by Gasteiger charge is 2.55. The van der Waals surface area contributed by atoms with E-state index in [4.69, 9.17) is 28.4 Å². The number of ether oxygens (including phenoxy) is 6. The Hall–Kier alpha value is -1.38. The Morgan fingerprint density at radius 3 is 2.02 bits per heavy atom. The number of benzene rings is 1. The molecule has 15 nitrogen and oxygen atoms in total. The molecule has 15 heteroatoms. The lowest BCUT2D eigenvalue weighted by Crippen LogP contribution is -2.62. The van der Waals surface area contributed by atoms with Gasteiger partial charge in [0.05, 0.1) is 33.0 Å². The molecule has 0 spiro atoms. The van der Waals surface area contributed by atoms with Crippen molar-refractivity contribution in [2.24, 2.45) is 0 Å². The van der Waals surface area contributed by atoms with Crippen molar-refractivity contribution in [1.82, 2.24) is 0 Å². The van der Waals surface area contributed by atoms with Crippen molar-refractivity contribution >= 4 is 0 Å². The van der Waals surface area contributed by atoms with E-state index in [0.29, 0.717) is 6.42 Å². The molecule has 3 heterocycles. The van der Waals surface area contributed by atoms with E-state index in [2.05, 4.69) is 0 Å². The Morgan fingerprint density at radius 2 is 1.38 bits per heavy atom. The van der Waals surface area contributed by atoms with Crippen LogP contribution < -0.4 is 0 Å². The van der Waals surface area contributed by atoms with Crippen LogP contribution in [0, 0.1) is 0 Å². The van der Waals surface area contributed by atoms with Crippen molar-refractivity contribution in [1.29, 1.82) is 0 Å². The van der Waals surface area contributed by atoms with E-state index >= 15 is 0 Å². The summed E-state index contributed by atoms with van der Waals surface area (Å²) in [5.74, 6) is 0. The van der Waals surface area contributed by atoms with Crippen LogP contribution in [0.25, 0.3) is 0 Å². The summed E-state index contributed by atoms with van der Waals surface area (Å²) in [5.41, 5.74) is -1.07.